The minimum Gasteiger partial charge on any atom is -0.478 e. The third-order valence-corrected chi connectivity index (χ3v) is 5.02. The lowest BCUT2D eigenvalue weighted by Gasteiger charge is -2.14. The van der Waals surface area contributed by atoms with Gasteiger partial charge in [0.25, 0.3) is 5.56 Å². The van der Waals surface area contributed by atoms with E-state index in [-0.39, 0.29) is 23.1 Å². The quantitative estimate of drug-likeness (QED) is 0.525. The van der Waals surface area contributed by atoms with Crippen LogP contribution in [0.25, 0.3) is 17.0 Å². The normalized spacial score (nSPS) is 12.4. The molecule has 3 aromatic heterocycles. The number of rotatable bonds is 4. The number of aromatic carboxylic acids is 1. The third kappa shape index (κ3) is 3.04. The highest BCUT2D eigenvalue weighted by molar-refractivity contribution is 6.42. The number of hydrogen-bond donors (Lipinski definition) is 2. The van der Waals surface area contributed by atoms with Crippen molar-refractivity contribution >= 4 is 40.2 Å². The van der Waals surface area contributed by atoms with E-state index in [0.717, 1.165) is 5.56 Å². The van der Waals surface area contributed by atoms with Crippen LogP contribution in [-0.2, 0) is 0 Å². The minimum atomic E-state index is -1.13. The molecule has 0 aliphatic heterocycles. The molecule has 9 nitrogen and oxygen atoms in total. The number of carboxylic acid groups (broad SMARTS) is 1. The summed E-state index contributed by atoms with van der Waals surface area (Å²) in [6, 6.07) is 4.90. The molecule has 4 aromatic rings. The molecule has 0 amide bonds. The lowest BCUT2D eigenvalue weighted by Crippen LogP contribution is -2.19. The van der Waals surface area contributed by atoms with Gasteiger partial charge in [0.15, 0.2) is 5.52 Å². The van der Waals surface area contributed by atoms with Gasteiger partial charge in [0, 0.05) is 6.20 Å². The summed E-state index contributed by atoms with van der Waals surface area (Å²) in [5.41, 5.74) is 0.982. The van der Waals surface area contributed by atoms with Crippen molar-refractivity contribution in [1.29, 1.82) is 0 Å². The smallest absolute Gasteiger partial charge is 0.338 e. The highest BCUT2D eigenvalue weighted by atomic mass is 35.5. The second kappa shape index (κ2) is 6.77. The van der Waals surface area contributed by atoms with E-state index in [4.69, 9.17) is 28.3 Å². The number of nitrogens with one attached hydrogen (secondary N) is 1. The number of nitrogens with zero attached hydrogens (tertiary/aromatic N) is 5. The van der Waals surface area contributed by atoms with Crippen LogP contribution in [0.2, 0.25) is 10.0 Å². The van der Waals surface area contributed by atoms with E-state index in [9.17, 15) is 9.59 Å². The van der Waals surface area contributed by atoms with Gasteiger partial charge < -0.3 is 5.11 Å². The lowest BCUT2D eigenvalue weighted by molar-refractivity contribution is 0.0697. The van der Waals surface area contributed by atoms with E-state index >= 15 is 0 Å². The van der Waals surface area contributed by atoms with Gasteiger partial charge in [-0.3, -0.25) is 14.5 Å². The van der Waals surface area contributed by atoms with Crippen LogP contribution in [0.3, 0.4) is 0 Å². The van der Waals surface area contributed by atoms with Crippen LogP contribution in [0, 0.1) is 0 Å². The summed E-state index contributed by atoms with van der Waals surface area (Å²) in [5, 5.41) is 18.0. The molecule has 0 aliphatic rings. The standard InChI is InChI=1S/C17H12Cl2N6O3/c1-8(9-2-3-11(18)12(19)4-9)25-14-13(6-21-25)22-17(23-15(14)26)24-7-10(5-20-24)16(27)28/h2-8H,1H3,(H,27,28)(H,22,23,26). The van der Waals surface area contributed by atoms with Crippen molar-refractivity contribution in [3.05, 3.63) is 68.3 Å². The average molecular weight is 419 g/mol. The van der Waals surface area contributed by atoms with E-state index < -0.39 is 11.5 Å². The molecule has 1 aromatic carbocycles. The van der Waals surface area contributed by atoms with Crippen molar-refractivity contribution in [1.82, 2.24) is 29.5 Å². The molecule has 28 heavy (non-hydrogen) atoms. The Balaban J connectivity index is 1.79. The van der Waals surface area contributed by atoms with Crippen molar-refractivity contribution in [2.45, 2.75) is 13.0 Å². The number of fused-ring (bicyclic) bond motifs is 1. The Morgan fingerprint density at radius 1 is 1.21 bits per heavy atom. The van der Waals surface area contributed by atoms with Gasteiger partial charge in [-0.15, -0.1) is 0 Å². The molecule has 11 heteroatoms. The third-order valence-electron chi connectivity index (χ3n) is 4.28. The number of benzene rings is 1. The van der Waals surface area contributed by atoms with Gasteiger partial charge in [-0.1, -0.05) is 29.3 Å². The minimum absolute atomic E-state index is 0.0216. The Kier molecular flexibility index (Phi) is 4.40. The van der Waals surface area contributed by atoms with Crippen molar-refractivity contribution in [2.75, 3.05) is 0 Å². The van der Waals surface area contributed by atoms with E-state index in [0.29, 0.717) is 15.6 Å². The van der Waals surface area contributed by atoms with E-state index in [1.165, 1.54) is 28.0 Å². The predicted molar refractivity (Wildman–Crippen MR) is 103 cm³/mol. The molecule has 0 spiro atoms. The summed E-state index contributed by atoms with van der Waals surface area (Å²) in [6.07, 6.45) is 3.89. The maximum absolute atomic E-state index is 12.7. The molecule has 0 aliphatic carbocycles. The number of carboxylic acids is 1. The van der Waals surface area contributed by atoms with E-state index in [1.54, 1.807) is 18.2 Å². The van der Waals surface area contributed by atoms with Gasteiger partial charge in [0.2, 0.25) is 5.95 Å². The fraction of sp³-hybridized carbons (Fsp3) is 0.118. The SMILES string of the molecule is CC(c1ccc(Cl)c(Cl)c1)n1ncc2nc(-n3cc(C(=O)O)cn3)[nH]c(=O)c21. The van der Waals surface area contributed by atoms with Crippen molar-refractivity contribution < 1.29 is 9.90 Å². The van der Waals surface area contributed by atoms with Gasteiger partial charge in [-0.05, 0) is 24.6 Å². The summed E-state index contributed by atoms with van der Waals surface area (Å²) in [5.74, 6) is -1.04. The Morgan fingerprint density at radius 3 is 2.68 bits per heavy atom. The molecule has 142 valence electrons. The molecule has 2 N–H and O–H groups in total. The van der Waals surface area contributed by atoms with Crippen molar-refractivity contribution in [2.24, 2.45) is 0 Å². The Morgan fingerprint density at radius 2 is 2.00 bits per heavy atom. The average Bonchev–Trinajstić information content (AvgIpc) is 3.30. The molecule has 0 radical (unpaired) electrons. The Bertz CT molecular complexity index is 1280. The summed E-state index contributed by atoms with van der Waals surface area (Å²) in [6.45, 7) is 1.87. The fourth-order valence-electron chi connectivity index (χ4n) is 2.82. The highest BCUT2D eigenvalue weighted by Crippen LogP contribution is 2.28. The predicted octanol–water partition coefficient (Wildman–Crippen LogP) is 2.92. The van der Waals surface area contributed by atoms with Crippen LogP contribution >= 0.6 is 23.2 Å². The second-order valence-corrected chi connectivity index (χ2v) is 6.86. The zero-order valence-electron chi connectivity index (χ0n) is 14.3. The van der Waals surface area contributed by atoms with Crippen LogP contribution in [0.4, 0.5) is 0 Å². The van der Waals surface area contributed by atoms with Gasteiger partial charge >= 0.3 is 5.97 Å². The summed E-state index contributed by atoms with van der Waals surface area (Å²) < 4.78 is 2.72. The molecular weight excluding hydrogens is 407 g/mol. The molecule has 4 rings (SSSR count). The van der Waals surface area contributed by atoms with Gasteiger partial charge in [0.1, 0.15) is 5.52 Å². The van der Waals surface area contributed by atoms with E-state index in [2.05, 4.69) is 20.2 Å². The van der Waals surface area contributed by atoms with Crippen LogP contribution < -0.4 is 5.56 Å². The molecule has 0 bridgehead atoms. The van der Waals surface area contributed by atoms with Gasteiger partial charge in [0.05, 0.1) is 34.0 Å². The second-order valence-electron chi connectivity index (χ2n) is 6.04. The lowest BCUT2D eigenvalue weighted by atomic mass is 10.1. The Hall–Kier alpha value is -3.17. The van der Waals surface area contributed by atoms with Crippen LogP contribution in [-0.4, -0.2) is 40.6 Å². The summed E-state index contributed by atoms with van der Waals surface area (Å²) >= 11 is 12.1. The first-order chi connectivity index (χ1) is 13.3. The van der Waals surface area contributed by atoms with Gasteiger partial charge in [-0.2, -0.15) is 10.2 Å². The van der Waals surface area contributed by atoms with Crippen molar-refractivity contribution in [3.8, 4) is 5.95 Å². The number of halogens is 2. The molecule has 0 saturated carbocycles. The maximum Gasteiger partial charge on any atom is 0.338 e. The van der Waals surface area contributed by atoms with E-state index in [1.807, 2.05) is 6.92 Å². The zero-order valence-corrected chi connectivity index (χ0v) is 15.8. The number of carbonyl (C=O) groups is 1. The molecule has 1 unspecified atom stereocenters. The molecule has 3 heterocycles. The molecule has 0 saturated heterocycles. The number of H-pyrrole nitrogens is 1. The van der Waals surface area contributed by atoms with Crippen LogP contribution in [0.5, 0.6) is 0 Å². The van der Waals surface area contributed by atoms with Crippen molar-refractivity contribution in [3.63, 3.8) is 0 Å². The summed E-state index contributed by atoms with van der Waals surface area (Å²) in [4.78, 5) is 30.6. The van der Waals surface area contributed by atoms with Crippen LogP contribution in [0.1, 0.15) is 28.9 Å². The first-order valence-electron chi connectivity index (χ1n) is 8.06. The molecule has 0 fully saturated rings. The van der Waals surface area contributed by atoms with Crippen LogP contribution in [0.15, 0.2) is 41.6 Å². The Labute approximate surface area is 167 Å². The number of hydrogen-bond acceptors (Lipinski definition) is 5. The zero-order chi connectivity index (χ0) is 20.0. The number of aromatic nitrogens is 6. The summed E-state index contributed by atoms with van der Waals surface area (Å²) in [7, 11) is 0. The first kappa shape index (κ1) is 18.2. The molecule has 1 atom stereocenters. The monoisotopic (exact) mass is 418 g/mol. The first-order valence-corrected chi connectivity index (χ1v) is 8.81. The van der Waals surface area contributed by atoms with Gasteiger partial charge in [-0.25, -0.2) is 14.5 Å². The number of aromatic amines is 1. The highest BCUT2D eigenvalue weighted by Gasteiger charge is 2.18. The largest absolute Gasteiger partial charge is 0.478 e. The topological polar surface area (TPSA) is 119 Å². The maximum atomic E-state index is 12.7. The molecular formula is C17H12Cl2N6O3. The fourth-order valence-corrected chi connectivity index (χ4v) is 3.13.